The highest BCUT2D eigenvalue weighted by Gasteiger charge is 2.65. The summed E-state index contributed by atoms with van der Waals surface area (Å²) >= 11 is 0. The molecule has 5 heteroatoms. The first-order chi connectivity index (χ1) is 31.6. The van der Waals surface area contributed by atoms with Gasteiger partial charge in [0.1, 0.15) is 0 Å². The smallest absolute Gasteiger partial charge is 0.222 e. The van der Waals surface area contributed by atoms with Gasteiger partial charge in [0.15, 0.2) is 0 Å². The lowest BCUT2D eigenvalue weighted by molar-refractivity contribution is -0.207. The highest BCUT2D eigenvalue weighted by Crippen LogP contribution is 2.68. The van der Waals surface area contributed by atoms with Crippen molar-refractivity contribution in [3.05, 3.63) is 0 Å². The van der Waals surface area contributed by atoms with Gasteiger partial charge in [0.25, 0.3) is 0 Å². The largest absolute Gasteiger partial charge is 0.393 e. The minimum absolute atomic E-state index is 0.101. The summed E-state index contributed by atoms with van der Waals surface area (Å²) in [6.07, 6.45) is 51.0. The average molecular weight is 913 g/mol. The van der Waals surface area contributed by atoms with Crippen molar-refractivity contribution in [2.45, 2.75) is 316 Å². The predicted octanol–water partition coefficient (Wildman–Crippen LogP) is 16.7. The Balaban J connectivity index is 1.17. The molecule has 3 N–H and O–H groups in total. The lowest BCUT2D eigenvalue weighted by Crippen LogP contribution is -2.62. The van der Waals surface area contributed by atoms with E-state index in [1.54, 1.807) is 0 Å². The summed E-state index contributed by atoms with van der Waals surface area (Å²) in [4.78, 5) is 16.4. The molecular weight excluding hydrogens is 799 g/mol. The standard InChI is InChI=1S/C60H113NO4/c1-6-8-10-12-14-16-18-20-22-24-26-28-30-32-34-36-44-61(45-37-35-33-31-29-27-25-23-21-19-17-15-13-11-9-7-2)57(65)41-38-49(3)52-39-40-53-58-54(48-56(64)60(52,53)5)59(4)43-42-51(62)46-50(59)47-55(58)63/h49-56,58,62-64H,6-48H2,1-5H3/t49-,50?,51-,52?,53?,54?,55-,56+,58?,59+,60-/m1/s1. The number of fused-ring (bicyclic) bond motifs is 5. The molecule has 0 spiro atoms. The lowest BCUT2D eigenvalue weighted by atomic mass is 9.43. The molecule has 0 aromatic carbocycles. The van der Waals surface area contributed by atoms with E-state index in [9.17, 15) is 20.1 Å². The normalized spacial score (nSPS) is 30.2. The Hall–Kier alpha value is -0.650. The van der Waals surface area contributed by atoms with Crippen LogP contribution in [0.1, 0.15) is 298 Å². The van der Waals surface area contributed by atoms with Crippen molar-refractivity contribution in [3.8, 4) is 0 Å². The van der Waals surface area contributed by atoms with E-state index in [0.29, 0.717) is 41.9 Å². The Kier molecular flexibility index (Phi) is 28.3. The molecule has 0 heterocycles. The number of hydrogen-bond donors (Lipinski definition) is 3. The molecule has 4 aliphatic carbocycles. The van der Waals surface area contributed by atoms with Gasteiger partial charge in [-0.05, 0) is 111 Å². The molecule has 11 atom stereocenters. The SMILES string of the molecule is CCCCCCCCCCCCCCCCCCN(CCCCCCCCCCCCCCCCCC)C(=O)CC[C@@H](C)C1CCC2C3C(C[C@H](O)[C@@]21C)[C@@]1(C)CC[C@@H](O)CC1C[C@H]3O. The number of aliphatic hydroxyl groups is 3. The van der Waals surface area contributed by atoms with Crippen LogP contribution < -0.4 is 0 Å². The zero-order valence-corrected chi connectivity index (χ0v) is 44.3. The first-order valence-electron chi connectivity index (χ1n) is 29.9. The maximum Gasteiger partial charge on any atom is 0.222 e. The molecule has 4 rings (SSSR count). The van der Waals surface area contributed by atoms with Crippen LogP contribution in [0.25, 0.3) is 0 Å². The van der Waals surface area contributed by atoms with E-state index in [2.05, 4.69) is 39.5 Å². The van der Waals surface area contributed by atoms with Crippen molar-refractivity contribution in [1.29, 1.82) is 0 Å². The zero-order valence-electron chi connectivity index (χ0n) is 44.3. The van der Waals surface area contributed by atoms with Gasteiger partial charge in [-0.1, -0.05) is 227 Å². The monoisotopic (exact) mass is 912 g/mol. The lowest BCUT2D eigenvalue weighted by Gasteiger charge is -2.63. The molecule has 0 bridgehead atoms. The van der Waals surface area contributed by atoms with E-state index in [1.807, 2.05) is 0 Å². The highest BCUT2D eigenvalue weighted by molar-refractivity contribution is 5.76. The van der Waals surface area contributed by atoms with Crippen LogP contribution in [0.3, 0.4) is 0 Å². The maximum absolute atomic E-state index is 14.1. The van der Waals surface area contributed by atoms with E-state index in [0.717, 1.165) is 77.3 Å². The van der Waals surface area contributed by atoms with Gasteiger partial charge in [0.2, 0.25) is 5.91 Å². The second-order valence-corrected chi connectivity index (χ2v) is 24.0. The molecule has 5 unspecified atom stereocenters. The van der Waals surface area contributed by atoms with Crippen LogP contribution in [0.5, 0.6) is 0 Å². The second-order valence-electron chi connectivity index (χ2n) is 24.0. The van der Waals surface area contributed by atoms with Crippen molar-refractivity contribution in [2.75, 3.05) is 13.1 Å². The zero-order chi connectivity index (χ0) is 46.8. The Morgan fingerprint density at radius 2 is 0.954 bits per heavy atom. The Morgan fingerprint density at radius 1 is 0.538 bits per heavy atom. The van der Waals surface area contributed by atoms with Gasteiger partial charge in [0.05, 0.1) is 18.3 Å². The van der Waals surface area contributed by atoms with Gasteiger partial charge in [0, 0.05) is 19.5 Å². The number of carbonyl (C=O) groups excluding carboxylic acids is 1. The fourth-order valence-electron chi connectivity index (χ4n) is 14.9. The predicted molar refractivity (Wildman–Crippen MR) is 278 cm³/mol. The molecule has 0 saturated heterocycles. The van der Waals surface area contributed by atoms with Crippen LogP contribution in [0.4, 0.5) is 0 Å². The summed E-state index contributed by atoms with van der Waals surface area (Å²) in [6, 6.07) is 0. The van der Waals surface area contributed by atoms with Crippen molar-refractivity contribution in [3.63, 3.8) is 0 Å². The molecule has 4 fully saturated rings. The quantitative estimate of drug-likeness (QED) is 0.0539. The second kappa shape index (κ2) is 32.3. The number of carbonyl (C=O) groups is 1. The van der Waals surface area contributed by atoms with E-state index < -0.39 is 0 Å². The van der Waals surface area contributed by atoms with Crippen LogP contribution in [0.15, 0.2) is 0 Å². The third kappa shape index (κ3) is 18.6. The molecule has 65 heavy (non-hydrogen) atoms. The van der Waals surface area contributed by atoms with Gasteiger partial charge in [-0.25, -0.2) is 0 Å². The minimum Gasteiger partial charge on any atom is -0.393 e. The van der Waals surface area contributed by atoms with E-state index in [1.165, 1.54) is 193 Å². The molecule has 0 aromatic rings. The summed E-state index contributed by atoms with van der Waals surface area (Å²) in [5.74, 6) is 2.38. The minimum atomic E-state index is -0.365. The molecule has 5 nitrogen and oxygen atoms in total. The molecule has 4 aliphatic rings. The van der Waals surface area contributed by atoms with E-state index in [-0.39, 0.29) is 35.1 Å². The summed E-state index contributed by atoms with van der Waals surface area (Å²) < 4.78 is 0. The van der Waals surface area contributed by atoms with Gasteiger partial charge < -0.3 is 20.2 Å². The van der Waals surface area contributed by atoms with Gasteiger partial charge in [-0.2, -0.15) is 0 Å². The number of hydrogen-bond acceptors (Lipinski definition) is 4. The third-order valence-corrected chi connectivity index (χ3v) is 19.3. The van der Waals surface area contributed by atoms with Gasteiger partial charge >= 0.3 is 0 Å². The third-order valence-electron chi connectivity index (χ3n) is 19.3. The Morgan fingerprint density at radius 3 is 1.38 bits per heavy atom. The summed E-state index contributed by atoms with van der Waals surface area (Å²) in [6.45, 7) is 13.6. The van der Waals surface area contributed by atoms with Crippen LogP contribution in [-0.2, 0) is 4.79 Å². The van der Waals surface area contributed by atoms with E-state index in [4.69, 9.17) is 0 Å². The number of rotatable bonds is 38. The molecule has 382 valence electrons. The fourth-order valence-corrected chi connectivity index (χ4v) is 14.9. The van der Waals surface area contributed by atoms with Crippen molar-refractivity contribution < 1.29 is 20.1 Å². The molecular formula is C60H113NO4. The van der Waals surface area contributed by atoms with Crippen LogP contribution in [-0.4, -0.2) is 57.5 Å². The molecule has 0 aliphatic heterocycles. The fraction of sp³-hybridized carbons (Fsp3) is 0.983. The van der Waals surface area contributed by atoms with Crippen LogP contribution in [0, 0.1) is 46.3 Å². The summed E-state index contributed by atoms with van der Waals surface area (Å²) in [7, 11) is 0. The molecule has 0 aromatic heterocycles. The molecule has 4 saturated carbocycles. The van der Waals surface area contributed by atoms with E-state index >= 15 is 0 Å². The van der Waals surface area contributed by atoms with Crippen molar-refractivity contribution in [2.24, 2.45) is 46.3 Å². The van der Waals surface area contributed by atoms with Crippen molar-refractivity contribution in [1.82, 2.24) is 4.90 Å². The van der Waals surface area contributed by atoms with Crippen LogP contribution >= 0.6 is 0 Å². The number of amides is 1. The topological polar surface area (TPSA) is 81.0 Å². The first-order valence-corrected chi connectivity index (χ1v) is 29.9. The Labute approximate surface area is 405 Å². The summed E-state index contributed by atoms with van der Waals surface area (Å²) in [5, 5.41) is 34.4. The number of unbranched alkanes of at least 4 members (excludes halogenated alkanes) is 30. The van der Waals surface area contributed by atoms with Gasteiger partial charge in [-0.3, -0.25) is 4.79 Å². The maximum atomic E-state index is 14.1. The summed E-state index contributed by atoms with van der Waals surface area (Å²) in [5.41, 5.74) is -0.105. The number of nitrogens with zero attached hydrogens (tertiary/aromatic N) is 1. The first kappa shape index (κ1) is 56.9. The Bertz CT molecular complexity index is 1170. The van der Waals surface area contributed by atoms with Gasteiger partial charge in [-0.15, -0.1) is 0 Å². The van der Waals surface area contributed by atoms with Crippen LogP contribution in [0.2, 0.25) is 0 Å². The molecule has 1 amide bonds. The van der Waals surface area contributed by atoms with Crippen molar-refractivity contribution >= 4 is 5.91 Å². The number of aliphatic hydroxyl groups excluding tert-OH is 3. The highest BCUT2D eigenvalue weighted by atomic mass is 16.3. The molecule has 0 radical (unpaired) electrons. The average Bonchev–Trinajstić information content (AvgIpc) is 3.66.